The molecular formula is C23H24FNO3. The van der Waals surface area contributed by atoms with Crippen LogP contribution in [0, 0.1) is 5.82 Å². The molecule has 3 aromatic rings. The molecule has 146 valence electrons. The summed E-state index contributed by atoms with van der Waals surface area (Å²) in [5.74, 6) is 0.200. The van der Waals surface area contributed by atoms with Gasteiger partial charge in [-0.15, -0.1) is 0 Å². The normalized spacial score (nSPS) is 19.6. The molecule has 5 heteroatoms. The minimum atomic E-state index is -0.278. The number of benzene rings is 2. The van der Waals surface area contributed by atoms with Crippen LogP contribution in [0.3, 0.4) is 0 Å². The minimum absolute atomic E-state index is 0.167. The second-order valence-corrected chi connectivity index (χ2v) is 7.17. The molecule has 1 fully saturated rings. The molecule has 0 aliphatic heterocycles. The van der Waals surface area contributed by atoms with Gasteiger partial charge in [-0.1, -0.05) is 30.3 Å². The lowest BCUT2D eigenvalue weighted by molar-refractivity contribution is -0.0561. The van der Waals surface area contributed by atoms with E-state index in [2.05, 4.69) is 17.1 Å². The first-order valence-corrected chi connectivity index (χ1v) is 9.74. The van der Waals surface area contributed by atoms with Crippen molar-refractivity contribution in [2.45, 2.75) is 51.1 Å². The van der Waals surface area contributed by atoms with Crippen LogP contribution in [-0.2, 0) is 22.7 Å². The number of nitrogens with zero attached hydrogens (tertiary/aromatic N) is 1. The zero-order valence-corrected chi connectivity index (χ0v) is 15.7. The Morgan fingerprint density at radius 2 is 1.64 bits per heavy atom. The summed E-state index contributed by atoms with van der Waals surface area (Å²) in [4.78, 5) is 4.44. The molecule has 0 amide bonds. The first-order valence-electron chi connectivity index (χ1n) is 9.74. The van der Waals surface area contributed by atoms with Gasteiger partial charge in [0, 0.05) is 5.56 Å². The number of rotatable bonds is 7. The van der Waals surface area contributed by atoms with Gasteiger partial charge in [-0.2, -0.15) is 0 Å². The Morgan fingerprint density at radius 3 is 2.39 bits per heavy atom. The smallest absolute Gasteiger partial charge is 0.226 e. The fraction of sp³-hybridized carbons (Fsp3) is 0.348. The minimum Gasteiger partial charge on any atom is -0.444 e. The lowest BCUT2D eigenvalue weighted by atomic mass is 9.95. The van der Waals surface area contributed by atoms with Crippen molar-refractivity contribution in [2.75, 3.05) is 0 Å². The molecule has 2 unspecified atom stereocenters. The van der Waals surface area contributed by atoms with Crippen molar-refractivity contribution in [1.29, 1.82) is 0 Å². The molecule has 0 spiro atoms. The number of aromatic nitrogens is 1. The maximum absolute atomic E-state index is 13.0. The molecule has 1 aliphatic carbocycles. The molecule has 0 radical (unpaired) electrons. The highest BCUT2D eigenvalue weighted by Crippen LogP contribution is 2.26. The van der Waals surface area contributed by atoms with Crippen LogP contribution < -0.4 is 0 Å². The molecule has 0 bridgehead atoms. The molecule has 1 aliphatic rings. The van der Waals surface area contributed by atoms with Gasteiger partial charge in [-0.05, 0) is 55.5 Å². The van der Waals surface area contributed by atoms with Gasteiger partial charge in [-0.3, -0.25) is 0 Å². The predicted octanol–water partition coefficient (Wildman–Crippen LogP) is 5.53. The third-order valence-electron chi connectivity index (χ3n) is 5.02. The number of halogens is 1. The Morgan fingerprint density at radius 1 is 0.929 bits per heavy atom. The maximum atomic E-state index is 13.0. The van der Waals surface area contributed by atoms with Crippen molar-refractivity contribution < 1.29 is 18.3 Å². The topological polar surface area (TPSA) is 44.5 Å². The Bertz CT molecular complexity index is 863. The lowest BCUT2D eigenvalue weighted by Crippen LogP contribution is -2.28. The molecule has 1 heterocycles. The van der Waals surface area contributed by atoms with Gasteiger partial charge < -0.3 is 13.9 Å². The molecule has 2 atom stereocenters. The highest BCUT2D eigenvalue weighted by Gasteiger charge is 2.23. The second kappa shape index (κ2) is 9.13. The van der Waals surface area contributed by atoms with E-state index < -0.39 is 0 Å². The zero-order chi connectivity index (χ0) is 19.2. The van der Waals surface area contributed by atoms with Crippen LogP contribution in [-0.4, -0.2) is 17.2 Å². The summed E-state index contributed by atoms with van der Waals surface area (Å²) >= 11 is 0. The monoisotopic (exact) mass is 381 g/mol. The summed E-state index contributed by atoms with van der Waals surface area (Å²) in [7, 11) is 0. The fourth-order valence-corrected chi connectivity index (χ4v) is 3.49. The average Bonchev–Trinajstić information content (AvgIpc) is 3.21. The Balaban J connectivity index is 1.26. The zero-order valence-electron chi connectivity index (χ0n) is 15.7. The summed E-state index contributed by atoms with van der Waals surface area (Å²) in [5.41, 5.74) is 2.69. The largest absolute Gasteiger partial charge is 0.444 e. The lowest BCUT2D eigenvalue weighted by Gasteiger charge is -2.29. The van der Waals surface area contributed by atoms with E-state index >= 15 is 0 Å². The first-order chi connectivity index (χ1) is 13.8. The molecule has 28 heavy (non-hydrogen) atoms. The number of hydrogen-bond acceptors (Lipinski definition) is 4. The molecule has 4 nitrogen and oxygen atoms in total. The van der Waals surface area contributed by atoms with Gasteiger partial charge in [-0.25, -0.2) is 9.37 Å². The van der Waals surface area contributed by atoms with Crippen LogP contribution in [0.25, 0.3) is 11.5 Å². The van der Waals surface area contributed by atoms with Crippen molar-refractivity contribution in [1.82, 2.24) is 4.98 Å². The van der Waals surface area contributed by atoms with E-state index in [-0.39, 0.29) is 18.0 Å². The van der Waals surface area contributed by atoms with Crippen molar-refractivity contribution in [3.63, 3.8) is 0 Å². The van der Waals surface area contributed by atoms with Crippen LogP contribution in [0.4, 0.5) is 4.39 Å². The van der Waals surface area contributed by atoms with Crippen molar-refractivity contribution in [3.05, 3.63) is 77.9 Å². The van der Waals surface area contributed by atoms with Crippen LogP contribution in [0.1, 0.15) is 36.9 Å². The summed E-state index contributed by atoms with van der Waals surface area (Å²) in [6.07, 6.45) is 6.11. The number of oxazole rings is 1. The first kappa shape index (κ1) is 18.8. The van der Waals surface area contributed by atoms with Gasteiger partial charge in [0.2, 0.25) is 5.89 Å². The quantitative estimate of drug-likeness (QED) is 0.540. The van der Waals surface area contributed by atoms with E-state index in [1.165, 1.54) is 17.7 Å². The van der Waals surface area contributed by atoms with E-state index in [9.17, 15) is 4.39 Å². The van der Waals surface area contributed by atoms with Crippen molar-refractivity contribution in [2.24, 2.45) is 0 Å². The number of hydrogen-bond donors (Lipinski definition) is 0. The maximum Gasteiger partial charge on any atom is 0.226 e. The molecule has 4 rings (SSSR count). The third kappa shape index (κ3) is 5.06. The number of ether oxygens (including phenoxy) is 2. The summed E-state index contributed by atoms with van der Waals surface area (Å²) in [5, 5.41) is 0. The molecule has 0 saturated heterocycles. The Kier molecular flexibility index (Phi) is 6.14. The molecular weight excluding hydrogens is 357 g/mol. The third-order valence-corrected chi connectivity index (χ3v) is 5.02. The average molecular weight is 381 g/mol. The van der Waals surface area contributed by atoms with E-state index in [0.29, 0.717) is 19.1 Å². The predicted molar refractivity (Wildman–Crippen MR) is 104 cm³/mol. The van der Waals surface area contributed by atoms with Gasteiger partial charge in [0.25, 0.3) is 0 Å². The standard InChI is InChI=1S/C23H24FNO3/c24-19-11-9-18(10-12-19)23-25-20(16-28-23)15-27-22-8-4-7-21(13-22)26-14-17-5-2-1-3-6-17/h1-3,5-6,9-12,16,21-22H,4,7-8,13-15H2. The van der Waals surface area contributed by atoms with E-state index in [4.69, 9.17) is 13.9 Å². The second-order valence-electron chi connectivity index (χ2n) is 7.17. The molecule has 0 N–H and O–H groups in total. The van der Waals surface area contributed by atoms with Crippen LogP contribution in [0.5, 0.6) is 0 Å². The van der Waals surface area contributed by atoms with Crippen LogP contribution >= 0.6 is 0 Å². The van der Waals surface area contributed by atoms with Gasteiger partial charge in [0.1, 0.15) is 17.8 Å². The highest BCUT2D eigenvalue weighted by molar-refractivity contribution is 5.52. The molecule has 2 aromatic carbocycles. The molecule has 1 aromatic heterocycles. The van der Waals surface area contributed by atoms with Gasteiger partial charge in [0.15, 0.2) is 0 Å². The highest BCUT2D eigenvalue weighted by atomic mass is 19.1. The van der Waals surface area contributed by atoms with Gasteiger partial charge in [0.05, 0.1) is 25.4 Å². The van der Waals surface area contributed by atoms with Gasteiger partial charge >= 0.3 is 0 Å². The van der Waals surface area contributed by atoms with E-state index in [1.807, 2.05) is 18.2 Å². The summed E-state index contributed by atoms with van der Waals surface area (Å²) in [6.45, 7) is 1.04. The van der Waals surface area contributed by atoms with Crippen LogP contribution in [0.2, 0.25) is 0 Å². The van der Waals surface area contributed by atoms with Crippen LogP contribution in [0.15, 0.2) is 65.3 Å². The van der Waals surface area contributed by atoms with E-state index in [0.717, 1.165) is 36.9 Å². The van der Waals surface area contributed by atoms with Crippen molar-refractivity contribution >= 4 is 0 Å². The SMILES string of the molecule is Fc1ccc(-c2nc(COC3CCCC(OCc4ccccc4)C3)co2)cc1. The fourth-order valence-electron chi connectivity index (χ4n) is 3.49. The summed E-state index contributed by atoms with van der Waals surface area (Å²) in [6, 6.07) is 16.3. The van der Waals surface area contributed by atoms with E-state index in [1.54, 1.807) is 18.4 Å². The molecule has 1 saturated carbocycles. The summed E-state index contributed by atoms with van der Waals surface area (Å²) < 4.78 is 30.7. The Labute approximate surface area is 164 Å². The van der Waals surface area contributed by atoms with Crippen molar-refractivity contribution in [3.8, 4) is 11.5 Å². The Hall–Kier alpha value is -2.50.